The van der Waals surface area contributed by atoms with Gasteiger partial charge in [0.15, 0.2) is 0 Å². The van der Waals surface area contributed by atoms with E-state index in [-0.39, 0.29) is 5.75 Å². The van der Waals surface area contributed by atoms with Crippen molar-refractivity contribution in [2.24, 2.45) is 7.05 Å². The van der Waals surface area contributed by atoms with E-state index in [1.165, 1.54) is 11.3 Å². The molecular weight excluding hydrogens is 446 g/mol. The van der Waals surface area contributed by atoms with Gasteiger partial charge in [-0.2, -0.15) is 0 Å². The van der Waals surface area contributed by atoms with Gasteiger partial charge < -0.3 is 13.8 Å². The summed E-state index contributed by atoms with van der Waals surface area (Å²) in [5.41, 5.74) is 2.39. The highest BCUT2D eigenvalue weighted by Crippen LogP contribution is 2.23. The average Bonchev–Trinajstić information content (AvgIpc) is 3.30. The molecule has 2 heterocycles. The number of aromatic nitrogens is 3. The molecule has 0 bridgehead atoms. The number of hydrogen-bond acceptors (Lipinski definition) is 7. The van der Waals surface area contributed by atoms with Gasteiger partial charge in [0.25, 0.3) is 0 Å². The average molecular weight is 469 g/mol. The molecule has 0 fully saturated rings. The van der Waals surface area contributed by atoms with Crippen molar-refractivity contribution in [1.82, 2.24) is 19.3 Å². The summed E-state index contributed by atoms with van der Waals surface area (Å²) in [5, 5.41) is 2.79. The predicted molar refractivity (Wildman–Crippen MR) is 116 cm³/mol. The second kappa shape index (κ2) is 9.79. The quantitative estimate of drug-likeness (QED) is 0.438. The standard InChI is InChI=1S/C18H23N5O4S3/c1-3-18-20-17(10-28-18)16(8-13-4-6-14(7-5-13)21-29(24)25)22-30(26,27)11-15-9-23(2)12-19-15/h4-7,9-10,12,16,21-22H,3,8,11H2,1-2H3,(H,24,25)/p-1/t16-/m0/s1. The molecular formula is C18H22N5O4S3-. The summed E-state index contributed by atoms with van der Waals surface area (Å²) in [6.45, 7) is 1.99. The normalized spacial score (nSPS) is 13.8. The van der Waals surface area contributed by atoms with Crippen LogP contribution in [0.15, 0.2) is 42.2 Å². The Morgan fingerprint density at radius 2 is 2.03 bits per heavy atom. The second-order valence-electron chi connectivity index (χ2n) is 6.72. The zero-order valence-electron chi connectivity index (χ0n) is 16.4. The molecule has 1 aromatic carbocycles. The summed E-state index contributed by atoms with van der Waals surface area (Å²) in [6.07, 6.45) is 4.36. The van der Waals surface area contributed by atoms with Crippen molar-refractivity contribution >= 4 is 38.3 Å². The van der Waals surface area contributed by atoms with Crippen molar-refractivity contribution < 1.29 is 17.2 Å². The topological polar surface area (TPSA) is 129 Å². The summed E-state index contributed by atoms with van der Waals surface area (Å²) >= 11 is -0.910. The highest BCUT2D eigenvalue weighted by molar-refractivity contribution is 7.88. The van der Waals surface area contributed by atoms with Crippen LogP contribution in [0.25, 0.3) is 0 Å². The van der Waals surface area contributed by atoms with Crippen molar-refractivity contribution in [2.45, 2.75) is 31.6 Å². The maximum atomic E-state index is 12.8. The lowest BCUT2D eigenvalue weighted by Gasteiger charge is -2.17. The summed E-state index contributed by atoms with van der Waals surface area (Å²) in [4.78, 5) is 8.64. The van der Waals surface area contributed by atoms with Gasteiger partial charge in [-0.25, -0.2) is 23.1 Å². The number of imidazole rings is 1. The Kier molecular flexibility index (Phi) is 7.36. The van der Waals surface area contributed by atoms with Crippen LogP contribution in [-0.4, -0.2) is 31.7 Å². The summed E-state index contributed by atoms with van der Waals surface area (Å²) in [6, 6.07) is 6.21. The number of thiazole rings is 1. The molecule has 0 aliphatic carbocycles. The fraction of sp³-hybridized carbons (Fsp3) is 0.333. The minimum absolute atomic E-state index is 0.229. The molecule has 2 N–H and O–H groups in total. The third-order valence-electron chi connectivity index (χ3n) is 4.24. The Balaban J connectivity index is 1.80. The highest BCUT2D eigenvalue weighted by Gasteiger charge is 2.23. The molecule has 0 spiro atoms. The van der Waals surface area contributed by atoms with Gasteiger partial charge in [0.1, 0.15) is 5.75 Å². The molecule has 0 saturated carbocycles. The third-order valence-corrected chi connectivity index (χ3v) is 6.98. The van der Waals surface area contributed by atoms with Gasteiger partial charge in [-0.05, 0) is 30.5 Å². The number of aryl methyl sites for hydroxylation is 2. The van der Waals surface area contributed by atoms with Crippen LogP contribution in [0.2, 0.25) is 0 Å². The lowest BCUT2D eigenvalue weighted by Crippen LogP contribution is -2.31. The monoisotopic (exact) mass is 468 g/mol. The number of benzene rings is 1. The molecule has 0 aliphatic heterocycles. The van der Waals surface area contributed by atoms with Gasteiger partial charge in [-0.3, -0.25) is 4.21 Å². The Morgan fingerprint density at radius 1 is 1.30 bits per heavy atom. The van der Waals surface area contributed by atoms with E-state index in [1.807, 2.05) is 12.3 Å². The first kappa shape index (κ1) is 22.6. The van der Waals surface area contributed by atoms with Crippen LogP contribution in [0, 0.1) is 0 Å². The van der Waals surface area contributed by atoms with Gasteiger partial charge in [0, 0.05) is 35.6 Å². The molecule has 12 heteroatoms. The van der Waals surface area contributed by atoms with E-state index in [9.17, 15) is 17.2 Å². The summed E-state index contributed by atoms with van der Waals surface area (Å²) < 4.78 is 53.8. The molecule has 0 saturated heterocycles. The number of sulfonamides is 1. The van der Waals surface area contributed by atoms with Crippen molar-refractivity contribution in [3.63, 3.8) is 0 Å². The van der Waals surface area contributed by atoms with Crippen LogP contribution in [0.5, 0.6) is 0 Å². The number of nitrogens with one attached hydrogen (secondary N) is 2. The minimum Gasteiger partial charge on any atom is -0.755 e. The molecule has 0 amide bonds. The molecule has 0 aliphatic rings. The maximum absolute atomic E-state index is 12.8. The molecule has 3 aromatic rings. The predicted octanol–water partition coefficient (Wildman–Crippen LogP) is 2.05. The molecule has 30 heavy (non-hydrogen) atoms. The van der Waals surface area contributed by atoms with Crippen LogP contribution in [0.4, 0.5) is 5.69 Å². The molecule has 2 atom stereocenters. The highest BCUT2D eigenvalue weighted by atomic mass is 32.2. The lowest BCUT2D eigenvalue weighted by molar-refractivity contribution is 0.542. The number of rotatable bonds is 10. The van der Waals surface area contributed by atoms with Crippen molar-refractivity contribution in [2.75, 3.05) is 4.72 Å². The number of anilines is 1. The molecule has 162 valence electrons. The van der Waals surface area contributed by atoms with Crippen LogP contribution in [0.1, 0.15) is 34.9 Å². The largest absolute Gasteiger partial charge is 0.755 e. The fourth-order valence-corrected chi connectivity index (χ4v) is 5.28. The number of hydrogen-bond donors (Lipinski definition) is 2. The maximum Gasteiger partial charge on any atom is 0.218 e. The van der Waals surface area contributed by atoms with E-state index in [4.69, 9.17) is 0 Å². The van der Waals surface area contributed by atoms with Crippen molar-refractivity contribution in [3.8, 4) is 0 Å². The van der Waals surface area contributed by atoms with Gasteiger partial charge >= 0.3 is 0 Å². The van der Waals surface area contributed by atoms with E-state index in [0.717, 1.165) is 17.0 Å². The molecule has 2 aromatic heterocycles. The summed E-state index contributed by atoms with van der Waals surface area (Å²) in [7, 11) is -1.89. The van der Waals surface area contributed by atoms with E-state index < -0.39 is 27.3 Å². The molecule has 0 radical (unpaired) electrons. The molecule has 1 unspecified atom stereocenters. The van der Waals surface area contributed by atoms with Gasteiger partial charge in [0.2, 0.25) is 10.0 Å². The van der Waals surface area contributed by atoms with Crippen molar-refractivity contribution in [3.05, 3.63) is 64.1 Å². The zero-order valence-corrected chi connectivity index (χ0v) is 18.9. The molecule has 3 rings (SSSR count). The van der Waals surface area contributed by atoms with Crippen LogP contribution in [0.3, 0.4) is 0 Å². The second-order valence-corrected chi connectivity index (χ2v) is 10.1. The summed E-state index contributed by atoms with van der Waals surface area (Å²) in [5.74, 6) is -0.229. The smallest absolute Gasteiger partial charge is 0.218 e. The Bertz CT molecular complexity index is 1110. The lowest BCUT2D eigenvalue weighted by atomic mass is 10.0. The van der Waals surface area contributed by atoms with E-state index in [1.54, 1.807) is 48.4 Å². The molecule has 9 nitrogen and oxygen atoms in total. The van der Waals surface area contributed by atoms with Gasteiger partial charge in [0.05, 0.1) is 28.8 Å². The van der Waals surface area contributed by atoms with Gasteiger partial charge in [-0.1, -0.05) is 19.1 Å². The van der Waals surface area contributed by atoms with E-state index in [2.05, 4.69) is 19.4 Å². The Morgan fingerprint density at radius 3 is 2.60 bits per heavy atom. The first-order chi connectivity index (χ1) is 14.2. The SMILES string of the molecule is CCc1nc([C@H](Cc2ccc(NS(=O)[O-])cc2)NS(=O)(=O)Cc2cn(C)cn2)cs1. The first-order valence-electron chi connectivity index (χ1n) is 9.10. The zero-order chi connectivity index (χ0) is 21.7. The van der Waals surface area contributed by atoms with E-state index in [0.29, 0.717) is 23.5 Å². The Labute approximate surface area is 182 Å². The van der Waals surface area contributed by atoms with Gasteiger partial charge in [-0.15, -0.1) is 11.3 Å². The minimum atomic E-state index is -3.67. The third kappa shape index (κ3) is 6.44. The fourth-order valence-electron chi connectivity index (χ4n) is 2.89. The number of nitrogens with zero attached hydrogens (tertiary/aromatic N) is 3. The van der Waals surface area contributed by atoms with Crippen LogP contribution >= 0.6 is 11.3 Å². The van der Waals surface area contributed by atoms with Crippen LogP contribution < -0.4 is 9.44 Å². The first-order valence-corrected chi connectivity index (χ1v) is 12.7. The van der Waals surface area contributed by atoms with E-state index >= 15 is 0 Å². The van der Waals surface area contributed by atoms with Crippen LogP contribution in [-0.2, 0) is 46.9 Å². The Hall–Kier alpha value is -2.12. The van der Waals surface area contributed by atoms with Crippen molar-refractivity contribution in [1.29, 1.82) is 0 Å².